The van der Waals surface area contributed by atoms with Gasteiger partial charge in [-0.15, -0.1) is 0 Å². The molecule has 0 saturated heterocycles. The zero-order valence-corrected chi connectivity index (χ0v) is 9.90. The Morgan fingerprint density at radius 1 is 1.12 bits per heavy atom. The number of rotatable bonds is 5. The molecule has 0 aromatic rings. The van der Waals surface area contributed by atoms with Gasteiger partial charge in [-0.25, -0.2) is 9.59 Å². The van der Waals surface area contributed by atoms with E-state index >= 15 is 0 Å². The molecule has 0 radical (unpaired) electrons. The molecule has 90 valence electrons. The molecule has 0 aliphatic carbocycles. The fourth-order valence-electron chi connectivity index (χ4n) is 0.892. The van der Waals surface area contributed by atoms with Crippen LogP contribution < -0.4 is 0 Å². The summed E-state index contributed by atoms with van der Waals surface area (Å²) in [6.07, 6.45) is 6.86. The first-order valence-corrected chi connectivity index (χ1v) is 5.10. The number of allylic oxidation sites excluding steroid dienone is 2. The van der Waals surface area contributed by atoms with Crippen LogP contribution in [0.5, 0.6) is 0 Å². The van der Waals surface area contributed by atoms with Crippen LogP contribution in [0.2, 0.25) is 0 Å². The fraction of sp³-hybridized carbons (Fsp3) is 0.500. The molecule has 0 atom stereocenters. The second-order valence-corrected chi connectivity index (χ2v) is 4.25. The average molecular weight is 226 g/mol. The van der Waals surface area contributed by atoms with Crippen LogP contribution in [0.25, 0.3) is 0 Å². The van der Waals surface area contributed by atoms with Gasteiger partial charge in [-0.3, -0.25) is 0 Å². The van der Waals surface area contributed by atoms with Gasteiger partial charge >= 0.3 is 11.9 Å². The third-order valence-electron chi connectivity index (χ3n) is 1.42. The van der Waals surface area contributed by atoms with Crippen molar-refractivity contribution >= 4 is 11.9 Å². The van der Waals surface area contributed by atoms with Crippen molar-refractivity contribution in [2.24, 2.45) is 0 Å². The zero-order valence-electron chi connectivity index (χ0n) is 9.90. The molecule has 4 heteroatoms. The molecule has 0 aromatic carbocycles. The van der Waals surface area contributed by atoms with Crippen LogP contribution in [0, 0.1) is 0 Å². The van der Waals surface area contributed by atoms with Gasteiger partial charge in [-0.05, 0) is 33.6 Å². The minimum absolute atomic E-state index is 0.380. The highest BCUT2D eigenvalue weighted by Crippen LogP contribution is 2.07. The first-order valence-electron chi connectivity index (χ1n) is 5.10. The third-order valence-corrected chi connectivity index (χ3v) is 1.42. The van der Waals surface area contributed by atoms with Crippen LogP contribution in [0.3, 0.4) is 0 Å². The number of unbranched alkanes of at least 4 members (excludes halogenated alkanes) is 1. The molecule has 0 amide bonds. The largest absolute Gasteiger partial charge is 0.478 e. The summed E-state index contributed by atoms with van der Waals surface area (Å²) in [4.78, 5) is 21.3. The van der Waals surface area contributed by atoms with E-state index in [0.29, 0.717) is 12.8 Å². The Labute approximate surface area is 95.6 Å². The van der Waals surface area contributed by atoms with Crippen molar-refractivity contribution in [3.63, 3.8) is 0 Å². The van der Waals surface area contributed by atoms with E-state index < -0.39 is 11.6 Å². The minimum atomic E-state index is -0.962. The summed E-state index contributed by atoms with van der Waals surface area (Å²) in [5.74, 6) is -1.34. The van der Waals surface area contributed by atoms with Gasteiger partial charge < -0.3 is 9.84 Å². The van der Waals surface area contributed by atoms with E-state index in [-0.39, 0.29) is 5.97 Å². The molecule has 0 fully saturated rings. The Morgan fingerprint density at radius 3 is 2.06 bits per heavy atom. The number of ether oxygens (including phenoxy) is 1. The highest BCUT2D eigenvalue weighted by atomic mass is 16.6. The lowest BCUT2D eigenvalue weighted by molar-refractivity contribution is -0.148. The van der Waals surface area contributed by atoms with Crippen molar-refractivity contribution in [1.29, 1.82) is 0 Å². The molecule has 1 N–H and O–H groups in total. The monoisotopic (exact) mass is 226 g/mol. The van der Waals surface area contributed by atoms with Gasteiger partial charge in [0.1, 0.15) is 5.60 Å². The summed E-state index contributed by atoms with van der Waals surface area (Å²) < 4.78 is 5.04. The van der Waals surface area contributed by atoms with Crippen LogP contribution >= 0.6 is 0 Å². The summed E-state index contributed by atoms with van der Waals surface area (Å²) in [7, 11) is 0. The number of carboxylic acid groups (broad SMARTS) is 1. The second-order valence-electron chi connectivity index (χ2n) is 4.25. The second kappa shape index (κ2) is 6.82. The molecule has 0 saturated carbocycles. The number of hydrogen-bond donors (Lipinski definition) is 1. The van der Waals surface area contributed by atoms with Crippen molar-refractivity contribution in [2.45, 2.75) is 39.2 Å². The molecule has 4 nitrogen and oxygen atoms in total. The highest BCUT2D eigenvalue weighted by Gasteiger charge is 2.13. The van der Waals surface area contributed by atoms with E-state index in [4.69, 9.17) is 9.84 Å². The molecule has 0 aliphatic heterocycles. The summed E-state index contributed by atoms with van der Waals surface area (Å²) in [5.41, 5.74) is -0.482. The fourth-order valence-corrected chi connectivity index (χ4v) is 0.892. The van der Waals surface area contributed by atoms with Gasteiger partial charge in [0.25, 0.3) is 0 Å². The van der Waals surface area contributed by atoms with Gasteiger partial charge in [-0.2, -0.15) is 0 Å². The molecule has 0 rings (SSSR count). The number of carbonyl (C=O) groups is 2. The van der Waals surface area contributed by atoms with Crippen LogP contribution in [0.15, 0.2) is 24.3 Å². The molecule has 0 heterocycles. The van der Waals surface area contributed by atoms with Gasteiger partial charge in [0, 0.05) is 12.2 Å². The number of esters is 1. The summed E-state index contributed by atoms with van der Waals surface area (Å²) >= 11 is 0. The molecular weight excluding hydrogens is 208 g/mol. The smallest absolute Gasteiger partial charge is 0.330 e. The van der Waals surface area contributed by atoms with Gasteiger partial charge in [-0.1, -0.05) is 12.2 Å². The van der Waals surface area contributed by atoms with E-state index in [0.717, 1.165) is 6.08 Å². The number of carboxylic acids is 1. The standard InChI is InChI=1S/C12H18O4/c1-12(2,3)16-11(15)9-7-5-4-6-8-10(13)14/h6-9H,4-5H2,1-3H3,(H,13,14)/b8-6+,9-7+. The van der Waals surface area contributed by atoms with E-state index in [2.05, 4.69) is 0 Å². The molecule has 16 heavy (non-hydrogen) atoms. The van der Waals surface area contributed by atoms with E-state index in [1.165, 1.54) is 6.08 Å². The molecule has 0 aromatic heterocycles. The van der Waals surface area contributed by atoms with Crippen LogP contribution in [0.1, 0.15) is 33.6 Å². The number of hydrogen-bond acceptors (Lipinski definition) is 3. The molecule has 0 spiro atoms. The quantitative estimate of drug-likeness (QED) is 0.444. The summed E-state index contributed by atoms with van der Waals surface area (Å²) in [5, 5.41) is 8.31. The Hall–Kier alpha value is -1.58. The number of aliphatic carboxylic acids is 1. The lowest BCUT2D eigenvalue weighted by Gasteiger charge is -2.17. The van der Waals surface area contributed by atoms with Crippen LogP contribution in [-0.2, 0) is 14.3 Å². The lowest BCUT2D eigenvalue weighted by Crippen LogP contribution is -2.22. The van der Waals surface area contributed by atoms with E-state index in [1.54, 1.807) is 32.9 Å². The predicted molar refractivity (Wildman–Crippen MR) is 61.0 cm³/mol. The van der Waals surface area contributed by atoms with E-state index in [1.807, 2.05) is 0 Å². The Balaban J connectivity index is 3.77. The topological polar surface area (TPSA) is 63.6 Å². The maximum absolute atomic E-state index is 11.2. The average Bonchev–Trinajstić information content (AvgIpc) is 2.07. The summed E-state index contributed by atoms with van der Waals surface area (Å²) in [6, 6.07) is 0. The number of carbonyl (C=O) groups excluding carboxylic acids is 1. The normalized spacial score (nSPS) is 12.2. The maximum Gasteiger partial charge on any atom is 0.330 e. The zero-order chi connectivity index (χ0) is 12.6. The van der Waals surface area contributed by atoms with Gasteiger partial charge in [0.2, 0.25) is 0 Å². The first kappa shape index (κ1) is 14.4. The van der Waals surface area contributed by atoms with Crippen LogP contribution in [-0.4, -0.2) is 22.6 Å². The Bertz CT molecular complexity index is 295. The Morgan fingerprint density at radius 2 is 1.62 bits per heavy atom. The van der Waals surface area contributed by atoms with Crippen LogP contribution in [0.4, 0.5) is 0 Å². The van der Waals surface area contributed by atoms with Gasteiger partial charge in [0.05, 0.1) is 0 Å². The minimum Gasteiger partial charge on any atom is -0.478 e. The molecule has 0 unspecified atom stereocenters. The Kier molecular flexibility index (Phi) is 6.15. The van der Waals surface area contributed by atoms with Crippen molar-refractivity contribution in [2.75, 3.05) is 0 Å². The summed E-state index contributed by atoms with van der Waals surface area (Å²) in [6.45, 7) is 5.40. The lowest BCUT2D eigenvalue weighted by atomic mass is 10.2. The third kappa shape index (κ3) is 10.5. The highest BCUT2D eigenvalue weighted by molar-refractivity contribution is 5.82. The van der Waals surface area contributed by atoms with E-state index in [9.17, 15) is 9.59 Å². The van der Waals surface area contributed by atoms with Crippen molar-refractivity contribution in [3.8, 4) is 0 Å². The SMILES string of the molecule is CC(C)(C)OC(=O)/C=C/CC/C=C/C(=O)O. The van der Waals surface area contributed by atoms with Crippen molar-refractivity contribution < 1.29 is 19.4 Å². The predicted octanol–water partition coefficient (Wildman–Crippen LogP) is 2.31. The maximum atomic E-state index is 11.2. The molecule has 0 aliphatic rings. The molecule has 0 bridgehead atoms. The first-order chi connectivity index (χ1) is 7.31. The van der Waals surface area contributed by atoms with Gasteiger partial charge in [0.15, 0.2) is 0 Å². The van der Waals surface area contributed by atoms with Crippen molar-refractivity contribution in [1.82, 2.24) is 0 Å². The molecular formula is C12H18O4. The van der Waals surface area contributed by atoms with Crippen molar-refractivity contribution in [3.05, 3.63) is 24.3 Å².